The number of para-hydroxylation sites is 2. The molecule has 0 bridgehead atoms. The molecule has 4 rings (SSSR count). The maximum absolute atomic E-state index is 13.3. The highest BCUT2D eigenvalue weighted by Gasteiger charge is 2.18. The van der Waals surface area contributed by atoms with E-state index in [1.807, 2.05) is 73.7 Å². The monoisotopic (exact) mass is 427 g/mol. The molecule has 3 aromatic carbocycles. The fourth-order valence-corrected chi connectivity index (χ4v) is 3.63. The topological polar surface area (TPSA) is 74.4 Å². The molecule has 0 unspecified atom stereocenters. The summed E-state index contributed by atoms with van der Waals surface area (Å²) in [5.74, 6) is 0.569. The van der Waals surface area contributed by atoms with E-state index in [4.69, 9.17) is 4.74 Å². The number of benzene rings is 3. The highest BCUT2D eigenvalue weighted by Crippen LogP contribution is 2.24. The maximum atomic E-state index is 13.3. The first-order valence-electron chi connectivity index (χ1n) is 10.4. The standard InChI is InChI=1S/C26H25N3O3/c1-18-12-13-20-15-21(25(30)27-23(20)14-18)17-29(16-19-8-4-3-5-9-19)26(31)28-22-10-6-7-11-24(22)32-2/h3-15H,16-17H2,1-2H3,(H,27,30)(H,28,31). The van der Waals surface area contributed by atoms with E-state index < -0.39 is 0 Å². The van der Waals surface area contributed by atoms with Crippen LogP contribution in [0.1, 0.15) is 16.7 Å². The molecular formula is C26H25N3O3. The van der Waals surface area contributed by atoms with Gasteiger partial charge in [-0.1, -0.05) is 54.6 Å². The van der Waals surface area contributed by atoms with Crippen molar-refractivity contribution in [2.45, 2.75) is 20.0 Å². The van der Waals surface area contributed by atoms with Crippen molar-refractivity contribution in [3.8, 4) is 5.75 Å². The van der Waals surface area contributed by atoms with Crippen LogP contribution in [0, 0.1) is 6.92 Å². The molecule has 0 aliphatic carbocycles. The largest absolute Gasteiger partial charge is 0.495 e. The summed E-state index contributed by atoms with van der Waals surface area (Å²) in [5.41, 5.74) is 3.71. The number of nitrogens with one attached hydrogen (secondary N) is 2. The van der Waals surface area contributed by atoms with Crippen LogP contribution in [0.15, 0.2) is 83.7 Å². The van der Waals surface area contributed by atoms with Gasteiger partial charge in [0.05, 0.1) is 19.3 Å². The second-order valence-corrected chi connectivity index (χ2v) is 7.69. The number of nitrogens with zero attached hydrogens (tertiary/aromatic N) is 1. The molecular weight excluding hydrogens is 402 g/mol. The van der Waals surface area contributed by atoms with Gasteiger partial charge in [0.15, 0.2) is 0 Å². The van der Waals surface area contributed by atoms with Crippen LogP contribution in [0.5, 0.6) is 5.75 Å². The van der Waals surface area contributed by atoms with Gasteiger partial charge in [0, 0.05) is 17.6 Å². The van der Waals surface area contributed by atoms with Gasteiger partial charge in [-0.3, -0.25) is 4.79 Å². The number of rotatable bonds is 6. The Bertz CT molecular complexity index is 1300. The van der Waals surface area contributed by atoms with Gasteiger partial charge in [-0.15, -0.1) is 0 Å². The molecule has 1 aromatic heterocycles. The molecule has 0 spiro atoms. The Balaban J connectivity index is 1.65. The van der Waals surface area contributed by atoms with Gasteiger partial charge >= 0.3 is 6.03 Å². The van der Waals surface area contributed by atoms with Gasteiger partial charge in [0.25, 0.3) is 5.56 Å². The summed E-state index contributed by atoms with van der Waals surface area (Å²) in [5, 5.41) is 3.84. The van der Waals surface area contributed by atoms with E-state index in [1.165, 1.54) is 0 Å². The Labute approximate surface area is 186 Å². The number of ether oxygens (including phenoxy) is 1. The van der Waals surface area contributed by atoms with E-state index in [9.17, 15) is 9.59 Å². The maximum Gasteiger partial charge on any atom is 0.322 e. The number of urea groups is 1. The molecule has 0 radical (unpaired) electrons. The fraction of sp³-hybridized carbons (Fsp3) is 0.154. The summed E-state index contributed by atoms with van der Waals surface area (Å²) in [6.07, 6.45) is 0. The summed E-state index contributed by atoms with van der Waals surface area (Å²) in [7, 11) is 1.56. The molecule has 32 heavy (non-hydrogen) atoms. The molecule has 0 saturated heterocycles. The third kappa shape index (κ3) is 4.81. The lowest BCUT2D eigenvalue weighted by atomic mass is 10.1. The number of fused-ring (bicyclic) bond motifs is 1. The van der Waals surface area contributed by atoms with E-state index >= 15 is 0 Å². The van der Waals surface area contributed by atoms with Crippen molar-refractivity contribution in [3.63, 3.8) is 0 Å². The highest BCUT2D eigenvalue weighted by atomic mass is 16.5. The third-order valence-electron chi connectivity index (χ3n) is 5.29. The zero-order valence-electron chi connectivity index (χ0n) is 18.1. The molecule has 0 atom stereocenters. The number of aryl methyl sites for hydroxylation is 1. The number of aromatic amines is 1. The summed E-state index contributed by atoms with van der Waals surface area (Å²) in [6.45, 7) is 2.50. The van der Waals surface area contributed by atoms with Crippen molar-refractivity contribution in [2.75, 3.05) is 12.4 Å². The number of carbonyl (C=O) groups excluding carboxylic acids is 1. The van der Waals surface area contributed by atoms with Crippen LogP contribution in [0.25, 0.3) is 10.9 Å². The number of H-pyrrole nitrogens is 1. The molecule has 0 saturated carbocycles. The highest BCUT2D eigenvalue weighted by molar-refractivity contribution is 5.91. The number of pyridine rings is 1. The van der Waals surface area contributed by atoms with Crippen LogP contribution < -0.4 is 15.6 Å². The number of hydrogen-bond acceptors (Lipinski definition) is 3. The lowest BCUT2D eigenvalue weighted by Gasteiger charge is -2.24. The molecule has 6 heteroatoms. The lowest BCUT2D eigenvalue weighted by molar-refractivity contribution is 0.206. The smallest absolute Gasteiger partial charge is 0.322 e. The normalized spacial score (nSPS) is 10.7. The molecule has 1 heterocycles. The summed E-state index contributed by atoms with van der Waals surface area (Å²) in [4.78, 5) is 30.6. The molecule has 0 fully saturated rings. The molecule has 0 aliphatic rings. The van der Waals surface area contributed by atoms with Gasteiger partial charge in [0.2, 0.25) is 0 Å². The summed E-state index contributed by atoms with van der Waals surface area (Å²) in [6, 6.07) is 24.4. The predicted molar refractivity (Wildman–Crippen MR) is 127 cm³/mol. The Kier molecular flexibility index (Phi) is 6.22. The average molecular weight is 428 g/mol. The van der Waals surface area contributed by atoms with Crippen molar-refractivity contribution in [1.82, 2.24) is 9.88 Å². The summed E-state index contributed by atoms with van der Waals surface area (Å²) >= 11 is 0. The lowest BCUT2D eigenvalue weighted by Crippen LogP contribution is -2.35. The van der Waals surface area contributed by atoms with E-state index in [1.54, 1.807) is 24.1 Å². The van der Waals surface area contributed by atoms with Crippen molar-refractivity contribution in [2.24, 2.45) is 0 Å². The van der Waals surface area contributed by atoms with Crippen LogP contribution in [-0.4, -0.2) is 23.0 Å². The number of amides is 2. The van der Waals surface area contributed by atoms with Gasteiger partial charge in [-0.05, 0) is 47.7 Å². The quantitative estimate of drug-likeness (QED) is 0.451. The van der Waals surface area contributed by atoms with Crippen molar-refractivity contribution >= 4 is 22.6 Å². The number of carbonyl (C=O) groups is 1. The second-order valence-electron chi connectivity index (χ2n) is 7.69. The zero-order valence-corrected chi connectivity index (χ0v) is 18.1. The minimum atomic E-state index is -0.318. The van der Waals surface area contributed by atoms with Gasteiger partial charge in [-0.25, -0.2) is 4.79 Å². The molecule has 0 aliphatic heterocycles. The third-order valence-corrected chi connectivity index (χ3v) is 5.29. The molecule has 2 amide bonds. The van der Waals surface area contributed by atoms with Gasteiger partial charge < -0.3 is 19.9 Å². The van der Waals surface area contributed by atoms with Crippen LogP contribution in [-0.2, 0) is 13.1 Å². The van der Waals surface area contributed by atoms with Crippen molar-refractivity contribution in [1.29, 1.82) is 0 Å². The number of hydrogen-bond donors (Lipinski definition) is 2. The SMILES string of the molecule is COc1ccccc1NC(=O)N(Cc1ccccc1)Cc1cc2ccc(C)cc2[nH]c1=O. The van der Waals surface area contributed by atoms with Crippen LogP contribution in [0.3, 0.4) is 0 Å². The number of methoxy groups -OCH3 is 1. The first-order valence-corrected chi connectivity index (χ1v) is 10.4. The Morgan fingerprint density at radius 1 is 0.969 bits per heavy atom. The molecule has 162 valence electrons. The van der Waals surface area contributed by atoms with Gasteiger partial charge in [0.1, 0.15) is 5.75 Å². The fourth-order valence-electron chi connectivity index (χ4n) is 3.63. The summed E-state index contributed by atoms with van der Waals surface area (Å²) < 4.78 is 5.35. The van der Waals surface area contributed by atoms with Crippen molar-refractivity contribution < 1.29 is 9.53 Å². The minimum absolute atomic E-state index is 0.162. The Morgan fingerprint density at radius 3 is 2.50 bits per heavy atom. The Hall–Kier alpha value is -4.06. The zero-order chi connectivity index (χ0) is 22.5. The van der Waals surface area contributed by atoms with E-state index in [0.29, 0.717) is 23.5 Å². The van der Waals surface area contributed by atoms with E-state index in [2.05, 4.69) is 10.3 Å². The van der Waals surface area contributed by atoms with Crippen LogP contribution in [0.2, 0.25) is 0 Å². The first-order chi connectivity index (χ1) is 15.5. The molecule has 6 nitrogen and oxygen atoms in total. The molecule has 4 aromatic rings. The predicted octanol–water partition coefficient (Wildman–Crippen LogP) is 5.08. The second kappa shape index (κ2) is 9.39. The van der Waals surface area contributed by atoms with E-state index in [-0.39, 0.29) is 18.1 Å². The minimum Gasteiger partial charge on any atom is -0.495 e. The van der Waals surface area contributed by atoms with Crippen molar-refractivity contribution in [3.05, 3.63) is 106 Å². The number of anilines is 1. The first kappa shape index (κ1) is 21.2. The number of aromatic nitrogens is 1. The van der Waals surface area contributed by atoms with E-state index in [0.717, 1.165) is 22.0 Å². The molecule has 2 N–H and O–H groups in total. The average Bonchev–Trinajstić information content (AvgIpc) is 2.80. The Morgan fingerprint density at radius 2 is 1.72 bits per heavy atom. The van der Waals surface area contributed by atoms with Gasteiger partial charge in [-0.2, -0.15) is 0 Å². The van der Waals surface area contributed by atoms with Crippen LogP contribution in [0.4, 0.5) is 10.5 Å². The van der Waals surface area contributed by atoms with Crippen LogP contribution >= 0.6 is 0 Å².